The predicted octanol–water partition coefficient (Wildman–Crippen LogP) is 3.91. The Bertz CT molecular complexity index is 702. The molecular formula is C19H29N5O4. The third-order valence-corrected chi connectivity index (χ3v) is 4.73. The Morgan fingerprint density at radius 2 is 2.18 bits per heavy atom. The quantitative estimate of drug-likeness (QED) is 0.311. The van der Waals surface area contributed by atoms with Crippen LogP contribution in [0.1, 0.15) is 48.0 Å². The van der Waals surface area contributed by atoms with E-state index in [2.05, 4.69) is 16.1 Å². The van der Waals surface area contributed by atoms with Gasteiger partial charge in [0.2, 0.25) is 0 Å². The topological polar surface area (TPSA) is 121 Å². The molecule has 2 heterocycles. The highest BCUT2D eigenvalue weighted by Gasteiger charge is 2.52. The van der Waals surface area contributed by atoms with Crippen LogP contribution in [0.3, 0.4) is 0 Å². The lowest BCUT2D eigenvalue weighted by atomic mass is 9.90. The molecule has 1 amide bonds. The maximum Gasteiger partial charge on any atom is 0.411 e. The van der Waals surface area contributed by atoms with E-state index in [-0.39, 0.29) is 12.5 Å². The summed E-state index contributed by atoms with van der Waals surface area (Å²) in [5, 5.41) is 13.6. The van der Waals surface area contributed by atoms with Gasteiger partial charge in [-0.2, -0.15) is 5.26 Å². The summed E-state index contributed by atoms with van der Waals surface area (Å²) in [6.07, 6.45) is 3.09. The van der Waals surface area contributed by atoms with Crippen molar-refractivity contribution in [3.05, 3.63) is 22.6 Å². The van der Waals surface area contributed by atoms with Crippen LogP contribution in [0.4, 0.5) is 4.79 Å². The molecule has 0 spiro atoms. The van der Waals surface area contributed by atoms with Crippen molar-refractivity contribution in [3.8, 4) is 6.07 Å². The van der Waals surface area contributed by atoms with Crippen LogP contribution in [0.15, 0.2) is 17.3 Å². The average molecular weight is 391 g/mol. The van der Waals surface area contributed by atoms with Gasteiger partial charge in [-0.1, -0.05) is 17.3 Å². The zero-order valence-corrected chi connectivity index (χ0v) is 17.3. The highest BCUT2D eigenvalue weighted by atomic mass is 16.7. The highest BCUT2D eigenvalue weighted by molar-refractivity contribution is 5.70. The van der Waals surface area contributed by atoms with Gasteiger partial charge in [-0.05, 0) is 53.5 Å². The third kappa shape index (κ3) is 4.96. The standard InChI is InChI=1S/C19H29N5O4/c1-7-8-12-9-13(10-20)24(17(25)28-18(2,3)4)16(12)15(22-23-21)14-11-26-19(5,6)27-14/h7-8,12-16H,9,11H2,1-6H3/b8-7-/t12-,13-,14-,15+,16-/m1/s1. The summed E-state index contributed by atoms with van der Waals surface area (Å²) in [4.78, 5) is 17.4. The van der Waals surface area contributed by atoms with Crippen molar-refractivity contribution in [1.82, 2.24) is 4.90 Å². The lowest BCUT2D eigenvalue weighted by Gasteiger charge is -2.36. The highest BCUT2D eigenvalue weighted by Crippen LogP contribution is 2.39. The van der Waals surface area contributed by atoms with E-state index in [1.54, 1.807) is 34.6 Å². The number of nitriles is 1. The second-order valence-electron chi connectivity index (χ2n) is 8.51. The second-order valence-corrected chi connectivity index (χ2v) is 8.51. The lowest BCUT2D eigenvalue weighted by Crippen LogP contribution is -2.53. The largest absolute Gasteiger partial charge is 0.444 e. The Morgan fingerprint density at radius 3 is 2.64 bits per heavy atom. The number of rotatable bonds is 4. The van der Waals surface area contributed by atoms with Crippen molar-refractivity contribution in [2.24, 2.45) is 11.0 Å². The molecule has 0 aromatic heterocycles. The van der Waals surface area contributed by atoms with Gasteiger partial charge in [0, 0.05) is 10.8 Å². The molecule has 2 fully saturated rings. The first kappa shape index (κ1) is 22.0. The SMILES string of the molecule is C/C=C\[C@@H]1C[C@H](C#N)N(C(=O)OC(C)(C)C)[C@H]1[C@@H](N=[N+]=[N-])[C@H]1COC(C)(C)O1. The molecular weight excluding hydrogens is 362 g/mol. The predicted molar refractivity (Wildman–Crippen MR) is 102 cm³/mol. The van der Waals surface area contributed by atoms with Crippen molar-refractivity contribution < 1.29 is 19.0 Å². The van der Waals surface area contributed by atoms with Crippen LogP contribution < -0.4 is 0 Å². The molecule has 0 aliphatic carbocycles. The summed E-state index contributed by atoms with van der Waals surface area (Å²) in [7, 11) is 0. The maximum absolute atomic E-state index is 13.0. The van der Waals surface area contributed by atoms with Crippen molar-refractivity contribution in [2.75, 3.05) is 6.61 Å². The van der Waals surface area contributed by atoms with Crippen LogP contribution in [0.5, 0.6) is 0 Å². The molecule has 0 N–H and O–H groups in total. The number of hydrogen-bond acceptors (Lipinski definition) is 6. The van der Waals surface area contributed by atoms with E-state index in [0.29, 0.717) is 6.42 Å². The zero-order valence-electron chi connectivity index (χ0n) is 17.3. The number of nitrogens with zero attached hydrogens (tertiary/aromatic N) is 5. The molecule has 2 saturated heterocycles. The van der Waals surface area contributed by atoms with E-state index in [4.69, 9.17) is 14.2 Å². The minimum Gasteiger partial charge on any atom is -0.444 e. The minimum atomic E-state index is -0.812. The van der Waals surface area contributed by atoms with Gasteiger partial charge in [-0.15, -0.1) is 0 Å². The molecule has 0 aromatic rings. The number of amides is 1. The lowest BCUT2D eigenvalue weighted by molar-refractivity contribution is -0.142. The molecule has 154 valence electrons. The van der Waals surface area contributed by atoms with E-state index in [0.717, 1.165) is 0 Å². The maximum atomic E-state index is 13.0. The van der Waals surface area contributed by atoms with Gasteiger partial charge >= 0.3 is 6.09 Å². The molecule has 0 radical (unpaired) electrons. The van der Waals surface area contributed by atoms with E-state index < -0.39 is 41.7 Å². The van der Waals surface area contributed by atoms with Gasteiger partial charge in [0.15, 0.2) is 5.79 Å². The third-order valence-electron chi connectivity index (χ3n) is 4.73. The summed E-state index contributed by atoms with van der Waals surface area (Å²) < 4.78 is 17.1. The Kier molecular flexibility index (Phi) is 6.60. The molecule has 5 atom stereocenters. The van der Waals surface area contributed by atoms with Gasteiger partial charge in [0.25, 0.3) is 0 Å². The molecule has 2 aliphatic heterocycles. The number of carbonyl (C=O) groups is 1. The van der Waals surface area contributed by atoms with Crippen LogP contribution in [-0.4, -0.2) is 53.2 Å². The molecule has 2 aliphatic rings. The molecule has 0 bridgehead atoms. The normalized spacial score (nSPS) is 30.7. The number of likely N-dealkylation sites (tertiary alicyclic amines) is 1. The van der Waals surface area contributed by atoms with Gasteiger partial charge in [-0.25, -0.2) is 4.79 Å². The number of hydrogen-bond donors (Lipinski definition) is 0. The van der Waals surface area contributed by atoms with Crippen molar-refractivity contribution in [1.29, 1.82) is 5.26 Å². The summed E-state index contributed by atoms with van der Waals surface area (Å²) >= 11 is 0. The summed E-state index contributed by atoms with van der Waals surface area (Å²) in [6.45, 7) is 11.0. The Hall–Kier alpha value is -2.27. The van der Waals surface area contributed by atoms with Crippen LogP contribution in [0, 0.1) is 17.2 Å². The number of allylic oxidation sites excluding steroid dienone is 1. The Morgan fingerprint density at radius 1 is 1.50 bits per heavy atom. The van der Waals surface area contributed by atoms with Crippen molar-refractivity contribution in [3.63, 3.8) is 0 Å². The average Bonchev–Trinajstić information content (AvgIpc) is 3.11. The number of carbonyl (C=O) groups excluding carboxylic acids is 1. The smallest absolute Gasteiger partial charge is 0.411 e. The molecule has 9 heteroatoms. The van der Waals surface area contributed by atoms with E-state index in [9.17, 15) is 15.6 Å². The van der Waals surface area contributed by atoms with Crippen LogP contribution >= 0.6 is 0 Å². The van der Waals surface area contributed by atoms with Gasteiger partial charge in [0.05, 0.1) is 30.9 Å². The molecule has 0 aromatic carbocycles. The number of ether oxygens (including phenoxy) is 3. The fourth-order valence-corrected chi connectivity index (χ4v) is 3.77. The second kappa shape index (κ2) is 8.39. The van der Waals surface area contributed by atoms with Gasteiger partial charge in [0.1, 0.15) is 11.6 Å². The van der Waals surface area contributed by atoms with Crippen LogP contribution in [0.2, 0.25) is 0 Å². The fraction of sp³-hybridized carbons (Fsp3) is 0.789. The monoisotopic (exact) mass is 391 g/mol. The summed E-state index contributed by atoms with van der Waals surface area (Å²) in [5.74, 6) is -0.987. The van der Waals surface area contributed by atoms with E-state index >= 15 is 0 Å². The van der Waals surface area contributed by atoms with Crippen LogP contribution in [-0.2, 0) is 14.2 Å². The minimum absolute atomic E-state index is 0.176. The molecule has 28 heavy (non-hydrogen) atoms. The van der Waals surface area contributed by atoms with E-state index in [1.807, 2.05) is 19.1 Å². The first-order valence-electron chi connectivity index (χ1n) is 9.42. The molecule has 2 rings (SSSR count). The molecule has 0 unspecified atom stereocenters. The van der Waals surface area contributed by atoms with Gasteiger partial charge in [-0.3, -0.25) is 4.90 Å². The summed E-state index contributed by atoms with van der Waals surface area (Å²) in [6, 6.07) is 0.202. The molecule has 9 nitrogen and oxygen atoms in total. The summed E-state index contributed by atoms with van der Waals surface area (Å²) in [5.41, 5.74) is 8.46. The number of azide groups is 1. The van der Waals surface area contributed by atoms with Crippen LogP contribution in [0.25, 0.3) is 10.4 Å². The van der Waals surface area contributed by atoms with Crippen molar-refractivity contribution in [2.45, 2.75) is 83.6 Å². The van der Waals surface area contributed by atoms with Gasteiger partial charge < -0.3 is 14.2 Å². The zero-order chi connectivity index (χ0) is 21.1. The Labute approximate surface area is 165 Å². The fourth-order valence-electron chi connectivity index (χ4n) is 3.77. The van der Waals surface area contributed by atoms with E-state index in [1.165, 1.54) is 4.90 Å². The first-order valence-corrected chi connectivity index (χ1v) is 9.42. The molecule has 0 saturated carbocycles. The van der Waals surface area contributed by atoms with Crippen molar-refractivity contribution >= 4 is 6.09 Å². The Balaban J connectivity index is 2.45. The first-order chi connectivity index (χ1) is 13.0.